The zero-order valence-corrected chi connectivity index (χ0v) is 10.6. The SMILES string of the molecule is CC(C)(C)CC1(c2ccc(Cl)cc2)CC1. The van der Waals surface area contributed by atoms with Crippen molar-refractivity contribution in [1.82, 2.24) is 0 Å². The first kappa shape index (κ1) is 11.0. The Morgan fingerprint density at radius 2 is 1.67 bits per heavy atom. The van der Waals surface area contributed by atoms with Crippen molar-refractivity contribution in [2.45, 2.75) is 45.4 Å². The standard InChI is InChI=1S/C14H19Cl/c1-13(2,3)10-14(8-9-14)11-4-6-12(15)7-5-11/h4-7H,8-10H2,1-3H3. The van der Waals surface area contributed by atoms with Crippen molar-refractivity contribution in [2.24, 2.45) is 5.41 Å². The molecular weight excluding hydrogens is 204 g/mol. The van der Waals surface area contributed by atoms with Gasteiger partial charge >= 0.3 is 0 Å². The molecule has 1 aromatic carbocycles. The van der Waals surface area contributed by atoms with Crippen LogP contribution in [0.1, 0.15) is 45.6 Å². The molecule has 2 rings (SSSR count). The fourth-order valence-corrected chi connectivity index (χ4v) is 2.66. The van der Waals surface area contributed by atoms with Crippen LogP contribution >= 0.6 is 11.6 Å². The van der Waals surface area contributed by atoms with Gasteiger partial charge in [0.1, 0.15) is 0 Å². The molecule has 1 aromatic rings. The predicted octanol–water partition coefficient (Wildman–Crippen LogP) is 4.81. The van der Waals surface area contributed by atoms with Crippen LogP contribution < -0.4 is 0 Å². The van der Waals surface area contributed by atoms with Crippen molar-refractivity contribution in [3.05, 3.63) is 34.9 Å². The summed E-state index contributed by atoms with van der Waals surface area (Å²) in [5, 5.41) is 0.838. The summed E-state index contributed by atoms with van der Waals surface area (Å²) in [4.78, 5) is 0. The normalized spacial score (nSPS) is 18.9. The Bertz CT molecular complexity index is 339. The van der Waals surface area contributed by atoms with E-state index in [9.17, 15) is 0 Å². The lowest BCUT2D eigenvalue weighted by Crippen LogP contribution is -2.17. The third-order valence-electron chi connectivity index (χ3n) is 3.18. The monoisotopic (exact) mass is 222 g/mol. The first-order valence-corrected chi connectivity index (χ1v) is 6.05. The third kappa shape index (κ3) is 2.55. The molecule has 0 nitrogen and oxygen atoms in total. The van der Waals surface area contributed by atoms with Gasteiger partial charge in [0.15, 0.2) is 0 Å². The largest absolute Gasteiger partial charge is 0.0843 e. The van der Waals surface area contributed by atoms with Gasteiger partial charge in [-0.3, -0.25) is 0 Å². The molecule has 0 bridgehead atoms. The zero-order chi connectivity index (χ0) is 11.1. The zero-order valence-electron chi connectivity index (χ0n) is 9.81. The molecule has 0 heterocycles. The molecule has 82 valence electrons. The van der Waals surface area contributed by atoms with Gasteiger partial charge in [0.05, 0.1) is 0 Å². The van der Waals surface area contributed by atoms with E-state index >= 15 is 0 Å². The minimum absolute atomic E-state index is 0.413. The quantitative estimate of drug-likeness (QED) is 0.674. The van der Waals surface area contributed by atoms with E-state index in [-0.39, 0.29) is 0 Å². The van der Waals surface area contributed by atoms with E-state index < -0.39 is 0 Å². The molecule has 0 saturated heterocycles. The fourth-order valence-electron chi connectivity index (χ4n) is 2.54. The van der Waals surface area contributed by atoms with Crippen LogP contribution in [0.15, 0.2) is 24.3 Å². The van der Waals surface area contributed by atoms with Gasteiger partial charge in [0, 0.05) is 5.02 Å². The molecule has 0 aromatic heterocycles. The van der Waals surface area contributed by atoms with Gasteiger partial charge in [-0.1, -0.05) is 44.5 Å². The molecule has 1 aliphatic carbocycles. The van der Waals surface area contributed by atoms with Crippen molar-refractivity contribution < 1.29 is 0 Å². The van der Waals surface area contributed by atoms with Gasteiger partial charge in [-0.05, 0) is 47.8 Å². The second-order valence-electron chi connectivity index (χ2n) is 6.02. The fraction of sp³-hybridized carbons (Fsp3) is 0.571. The van der Waals surface area contributed by atoms with E-state index in [1.165, 1.54) is 24.8 Å². The topological polar surface area (TPSA) is 0 Å². The summed E-state index contributed by atoms with van der Waals surface area (Å²) in [5.74, 6) is 0. The van der Waals surface area contributed by atoms with Crippen molar-refractivity contribution in [3.63, 3.8) is 0 Å². The molecular formula is C14H19Cl. The van der Waals surface area contributed by atoms with Crippen LogP contribution in [0.5, 0.6) is 0 Å². The van der Waals surface area contributed by atoms with Crippen LogP contribution in [0.3, 0.4) is 0 Å². The number of benzene rings is 1. The first-order chi connectivity index (χ1) is 6.91. The van der Waals surface area contributed by atoms with Crippen molar-refractivity contribution in [2.75, 3.05) is 0 Å². The van der Waals surface area contributed by atoms with E-state index in [4.69, 9.17) is 11.6 Å². The van der Waals surface area contributed by atoms with Crippen LogP contribution in [-0.4, -0.2) is 0 Å². The molecule has 0 amide bonds. The number of hydrogen-bond donors (Lipinski definition) is 0. The number of halogens is 1. The lowest BCUT2D eigenvalue weighted by Gasteiger charge is -2.26. The Labute approximate surface area is 97.6 Å². The Morgan fingerprint density at radius 3 is 2.07 bits per heavy atom. The van der Waals surface area contributed by atoms with Crippen LogP contribution in [0, 0.1) is 5.41 Å². The van der Waals surface area contributed by atoms with Crippen molar-refractivity contribution in [3.8, 4) is 0 Å². The van der Waals surface area contributed by atoms with E-state index in [1.807, 2.05) is 12.1 Å². The minimum atomic E-state index is 0.413. The van der Waals surface area contributed by atoms with E-state index in [1.54, 1.807) is 0 Å². The van der Waals surface area contributed by atoms with Gasteiger partial charge in [-0.25, -0.2) is 0 Å². The maximum Gasteiger partial charge on any atom is 0.0406 e. The van der Waals surface area contributed by atoms with E-state index in [0.29, 0.717) is 10.8 Å². The molecule has 1 saturated carbocycles. The van der Waals surface area contributed by atoms with Gasteiger partial charge in [-0.2, -0.15) is 0 Å². The molecule has 1 fully saturated rings. The Balaban J connectivity index is 2.20. The van der Waals surface area contributed by atoms with Gasteiger partial charge < -0.3 is 0 Å². The molecule has 0 unspecified atom stereocenters. The summed E-state index contributed by atoms with van der Waals surface area (Å²) in [7, 11) is 0. The Hall–Kier alpha value is -0.490. The molecule has 0 aliphatic heterocycles. The first-order valence-electron chi connectivity index (χ1n) is 5.67. The van der Waals surface area contributed by atoms with E-state index in [2.05, 4.69) is 32.9 Å². The van der Waals surface area contributed by atoms with Crippen LogP contribution in [0.2, 0.25) is 5.02 Å². The highest BCUT2D eigenvalue weighted by Gasteiger charge is 2.46. The highest BCUT2D eigenvalue weighted by Crippen LogP contribution is 2.54. The summed E-state index contributed by atoms with van der Waals surface area (Å²) in [6.45, 7) is 6.97. The average Bonchev–Trinajstić information content (AvgIpc) is 2.83. The third-order valence-corrected chi connectivity index (χ3v) is 3.43. The lowest BCUT2D eigenvalue weighted by molar-refractivity contribution is 0.329. The average molecular weight is 223 g/mol. The summed E-state index contributed by atoms with van der Waals surface area (Å²) < 4.78 is 0. The van der Waals surface area contributed by atoms with Gasteiger partial charge in [0.2, 0.25) is 0 Å². The second-order valence-corrected chi connectivity index (χ2v) is 6.46. The van der Waals surface area contributed by atoms with Crippen molar-refractivity contribution in [1.29, 1.82) is 0 Å². The van der Waals surface area contributed by atoms with E-state index in [0.717, 1.165) is 5.02 Å². The molecule has 15 heavy (non-hydrogen) atoms. The second kappa shape index (κ2) is 3.52. The molecule has 0 radical (unpaired) electrons. The number of hydrogen-bond acceptors (Lipinski definition) is 0. The predicted molar refractivity (Wildman–Crippen MR) is 66.4 cm³/mol. The lowest BCUT2D eigenvalue weighted by atomic mass is 9.79. The summed E-state index contributed by atoms with van der Waals surface area (Å²) in [5.41, 5.74) is 2.35. The Kier molecular flexibility index (Phi) is 2.58. The maximum absolute atomic E-state index is 5.92. The summed E-state index contributed by atoms with van der Waals surface area (Å²) in [6, 6.07) is 8.42. The molecule has 0 N–H and O–H groups in total. The molecule has 1 aliphatic rings. The highest BCUT2D eigenvalue weighted by atomic mass is 35.5. The smallest absolute Gasteiger partial charge is 0.0406 e. The van der Waals surface area contributed by atoms with Gasteiger partial charge in [0.25, 0.3) is 0 Å². The maximum atomic E-state index is 5.92. The summed E-state index contributed by atoms with van der Waals surface area (Å²) in [6.07, 6.45) is 3.96. The highest BCUT2D eigenvalue weighted by molar-refractivity contribution is 6.30. The number of rotatable bonds is 2. The van der Waals surface area contributed by atoms with Crippen LogP contribution in [0.25, 0.3) is 0 Å². The van der Waals surface area contributed by atoms with Crippen molar-refractivity contribution >= 4 is 11.6 Å². The summed E-state index contributed by atoms with van der Waals surface area (Å²) >= 11 is 5.92. The molecule has 1 heteroatoms. The Morgan fingerprint density at radius 1 is 1.13 bits per heavy atom. The van der Waals surface area contributed by atoms with Gasteiger partial charge in [-0.15, -0.1) is 0 Å². The van der Waals surface area contributed by atoms with Crippen LogP contribution in [-0.2, 0) is 5.41 Å². The molecule has 0 atom stereocenters. The molecule has 0 spiro atoms. The minimum Gasteiger partial charge on any atom is -0.0843 e. The van der Waals surface area contributed by atoms with Crippen LogP contribution in [0.4, 0.5) is 0 Å².